The minimum absolute atomic E-state index is 0.0293. The number of hydrogen-bond acceptors (Lipinski definition) is 15. The molecule has 2 atom stereocenters. The van der Waals surface area contributed by atoms with E-state index < -0.39 is 68.7 Å². The molecule has 4 aliphatic heterocycles. The number of benzene rings is 3. The van der Waals surface area contributed by atoms with Crippen LogP contribution < -0.4 is 30.6 Å². The highest BCUT2D eigenvalue weighted by Gasteiger charge is 2.45. The molecule has 0 radical (unpaired) electrons. The maximum absolute atomic E-state index is 15.2. The van der Waals surface area contributed by atoms with Gasteiger partial charge in [0.1, 0.15) is 35.9 Å². The average Bonchev–Trinajstić information content (AvgIpc) is 3.90. The summed E-state index contributed by atoms with van der Waals surface area (Å²) in [6, 6.07) is 12.7. The zero-order chi connectivity index (χ0) is 48.1. The molecule has 0 bridgehead atoms. The van der Waals surface area contributed by atoms with Gasteiger partial charge in [-0.15, -0.1) is 0 Å². The van der Waals surface area contributed by atoms with E-state index in [9.17, 15) is 42.0 Å². The number of carbonyl (C=O) groups is 4. The van der Waals surface area contributed by atoms with Crippen molar-refractivity contribution in [3.8, 4) is 23.3 Å². The van der Waals surface area contributed by atoms with Crippen LogP contribution >= 0.6 is 0 Å². The minimum Gasteiger partial charge on any atom is -0.453 e. The molecule has 3 aromatic carbocycles. The second-order valence-electron chi connectivity index (χ2n) is 17.6. The van der Waals surface area contributed by atoms with Crippen molar-refractivity contribution in [3.63, 3.8) is 0 Å². The smallest absolute Gasteiger partial charge is 0.301 e. The number of halogens is 2. The first-order valence-corrected chi connectivity index (χ1v) is 24.0. The van der Waals surface area contributed by atoms with Crippen molar-refractivity contribution >= 4 is 62.1 Å². The number of ether oxygens (including phenoxy) is 1. The topological polar surface area (TPSA) is 245 Å². The molecule has 20 nitrogen and oxygen atoms in total. The van der Waals surface area contributed by atoms with Gasteiger partial charge in [-0.25, -0.2) is 23.7 Å². The van der Waals surface area contributed by atoms with Crippen LogP contribution in [0.15, 0.2) is 72.0 Å². The molecule has 3 saturated heterocycles. The molecule has 0 spiro atoms. The SMILES string of the molecule is N#Cc1c(NS(=O)(=O)N2CC[C@@H](F)C2)ccc(F)c1Oc1ccc2ncn(-c3cnc(N[C@H]4CC[C@H](N5CCN(c6ccc7c(c6)C(=O)N(C6CCC(=O)NC6=O)C7=O)CC5)CC4)nc3)c(=O)c2c1. The Morgan fingerprint density at radius 3 is 2.29 bits per heavy atom. The first-order chi connectivity index (χ1) is 33.2. The number of hydrogen-bond donors (Lipinski definition) is 3. The first-order valence-electron chi connectivity index (χ1n) is 22.5. The Morgan fingerprint density at radius 2 is 1.58 bits per heavy atom. The molecule has 6 heterocycles. The number of fused-ring (bicyclic) bond motifs is 2. The second kappa shape index (κ2) is 18.2. The normalized spacial score (nSPS) is 22.4. The number of piperidine rings is 1. The van der Waals surface area contributed by atoms with Crippen molar-refractivity contribution in [1.29, 1.82) is 5.26 Å². The number of nitrogens with one attached hydrogen (secondary N) is 3. The van der Waals surface area contributed by atoms with Gasteiger partial charge < -0.3 is 15.0 Å². The predicted molar refractivity (Wildman–Crippen MR) is 244 cm³/mol. The van der Waals surface area contributed by atoms with Gasteiger partial charge >= 0.3 is 10.2 Å². The van der Waals surface area contributed by atoms with Gasteiger partial charge in [-0.3, -0.25) is 48.4 Å². The third-order valence-corrected chi connectivity index (χ3v) is 14.9. The fourth-order valence-corrected chi connectivity index (χ4v) is 11.0. The van der Waals surface area contributed by atoms with Crippen LogP contribution in [-0.2, 0) is 19.8 Å². The van der Waals surface area contributed by atoms with Crippen LogP contribution in [0.5, 0.6) is 11.5 Å². The van der Waals surface area contributed by atoms with Crippen LogP contribution in [0.1, 0.15) is 71.2 Å². The highest BCUT2D eigenvalue weighted by atomic mass is 32.2. The Hall–Kier alpha value is -7.42. The van der Waals surface area contributed by atoms with Crippen LogP contribution in [0.4, 0.5) is 26.1 Å². The molecule has 1 saturated carbocycles. The lowest BCUT2D eigenvalue weighted by Crippen LogP contribution is -2.54. The summed E-state index contributed by atoms with van der Waals surface area (Å²) in [7, 11) is -4.26. The Bertz CT molecular complexity index is 3140. The van der Waals surface area contributed by atoms with Crippen LogP contribution in [0.25, 0.3) is 16.6 Å². The Morgan fingerprint density at radius 1 is 0.826 bits per heavy atom. The summed E-state index contributed by atoms with van der Waals surface area (Å²) in [5.74, 6) is -3.28. The number of rotatable bonds is 11. The molecule has 3 N–H and O–H groups in total. The molecule has 2 aromatic heterocycles. The lowest BCUT2D eigenvalue weighted by atomic mass is 9.90. The number of piperazine rings is 1. The summed E-state index contributed by atoms with van der Waals surface area (Å²) in [6.07, 6.45) is 6.88. The van der Waals surface area contributed by atoms with Crippen molar-refractivity contribution in [3.05, 3.63) is 100 Å². The van der Waals surface area contributed by atoms with Crippen molar-refractivity contribution < 1.29 is 41.1 Å². The number of alkyl halides is 1. The third kappa shape index (κ3) is 8.81. The molecular weight excluding hydrogens is 919 g/mol. The van der Waals surface area contributed by atoms with Gasteiger partial charge in [-0.05, 0) is 87.1 Å². The summed E-state index contributed by atoms with van der Waals surface area (Å²) >= 11 is 0. The largest absolute Gasteiger partial charge is 0.453 e. The Kier molecular flexibility index (Phi) is 12.0. The summed E-state index contributed by atoms with van der Waals surface area (Å²) in [5.41, 5.74) is 0.755. The summed E-state index contributed by atoms with van der Waals surface area (Å²) in [5, 5.41) is 15.7. The van der Waals surface area contributed by atoms with Crippen LogP contribution in [-0.4, -0.2) is 129 Å². The number of nitriles is 1. The molecule has 1 aliphatic carbocycles. The maximum Gasteiger partial charge on any atom is 0.301 e. The molecule has 23 heteroatoms. The fourth-order valence-electron chi connectivity index (χ4n) is 9.72. The average molecular weight is 963 g/mol. The third-order valence-electron chi connectivity index (χ3n) is 13.4. The molecular formula is C46H44F2N12O8S. The van der Waals surface area contributed by atoms with E-state index in [0.717, 1.165) is 78.9 Å². The van der Waals surface area contributed by atoms with Gasteiger partial charge in [0, 0.05) is 63.5 Å². The van der Waals surface area contributed by atoms with E-state index in [0.29, 0.717) is 23.2 Å². The predicted octanol–water partition coefficient (Wildman–Crippen LogP) is 3.63. The van der Waals surface area contributed by atoms with E-state index in [1.54, 1.807) is 18.2 Å². The van der Waals surface area contributed by atoms with Gasteiger partial charge in [0.25, 0.3) is 17.4 Å². The zero-order valence-electron chi connectivity index (χ0n) is 36.8. The van der Waals surface area contributed by atoms with Crippen LogP contribution in [0.3, 0.4) is 0 Å². The Balaban J connectivity index is 0.736. The van der Waals surface area contributed by atoms with Gasteiger partial charge in [0.05, 0.1) is 45.8 Å². The molecule has 4 fully saturated rings. The fraction of sp³-hybridized carbons (Fsp3) is 0.370. The summed E-state index contributed by atoms with van der Waals surface area (Å²) in [6.45, 7) is 2.71. The van der Waals surface area contributed by atoms with E-state index in [-0.39, 0.29) is 66.3 Å². The lowest BCUT2D eigenvalue weighted by Gasteiger charge is -2.42. The van der Waals surface area contributed by atoms with E-state index in [2.05, 4.69) is 40.1 Å². The van der Waals surface area contributed by atoms with Gasteiger partial charge in [-0.2, -0.15) is 18.0 Å². The monoisotopic (exact) mass is 962 g/mol. The summed E-state index contributed by atoms with van der Waals surface area (Å²) < 4.78 is 64.9. The quantitative estimate of drug-likeness (QED) is 0.160. The van der Waals surface area contributed by atoms with E-state index in [4.69, 9.17) is 4.74 Å². The van der Waals surface area contributed by atoms with Crippen molar-refractivity contribution in [2.24, 2.45) is 0 Å². The number of carbonyl (C=O) groups excluding carboxylic acids is 4. The van der Waals surface area contributed by atoms with Crippen LogP contribution in [0.2, 0.25) is 0 Å². The number of amides is 4. The molecule has 69 heavy (non-hydrogen) atoms. The van der Waals surface area contributed by atoms with E-state index in [1.807, 2.05) is 6.07 Å². The van der Waals surface area contributed by atoms with Crippen molar-refractivity contribution in [1.82, 2.24) is 38.9 Å². The van der Waals surface area contributed by atoms with Crippen molar-refractivity contribution in [2.75, 3.05) is 54.2 Å². The molecule has 5 aromatic rings. The van der Waals surface area contributed by atoms with Gasteiger partial charge in [-0.1, -0.05) is 0 Å². The highest BCUT2D eigenvalue weighted by molar-refractivity contribution is 7.90. The Labute approximate surface area is 393 Å². The molecule has 10 rings (SSSR count). The first kappa shape index (κ1) is 45.4. The lowest BCUT2D eigenvalue weighted by molar-refractivity contribution is -0.136. The summed E-state index contributed by atoms with van der Waals surface area (Å²) in [4.78, 5) is 83.5. The number of nitrogens with zero attached hydrogens (tertiary/aromatic N) is 9. The van der Waals surface area contributed by atoms with E-state index >= 15 is 4.39 Å². The second-order valence-corrected chi connectivity index (χ2v) is 19.2. The minimum atomic E-state index is -4.26. The van der Waals surface area contributed by atoms with Crippen molar-refractivity contribution in [2.45, 2.75) is 69.2 Å². The zero-order valence-corrected chi connectivity index (χ0v) is 37.6. The maximum atomic E-state index is 15.2. The number of aromatic nitrogens is 4. The number of anilines is 3. The molecule has 1 unspecified atom stereocenters. The molecule has 5 aliphatic rings. The highest BCUT2D eigenvalue weighted by Crippen LogP contribution is 2.36. The van der Waals surface area contributed by atoms with Crippen LogP contribution in [0, 0.1) is 17.1 Å². The van der Waals surface area contributed by atoms with E-state index in [1.165, 1.54) is 41.5 Å². The van der Waals surface area contributed by atoms with Gasteiger partial charge in [0.15, 0.2) is 11.6 Å². The molecule has 4 amide bonds. The van der Waals surface area contributed by atoms with Gasteiger partial charge in [0.2, 0.25) is 17.8 Å². The molecule has 356 valence electrons. The number of imide groups is 2. The standard InChI is InChI=1S/C46H44F2N12O8S/c47-26-13-14-58(24-26)69(66,67)55-38-10-8-36(48)41(35(38)21-49)68-31-6-9-37-34(20-31)43(63)59(25-52-37)30-22-50-46(51-23-30)53-27-1-3-28(4-2-27)56-15-17-57(18-16-56)29-5-7-32-33(19-29)45(65)60(44(32)64)39-11-12-40(61)54-42(39)62/h5-10,19-20,22-23,25-28,39,55H,1-4,11-18,24H2,(H,50,51,53)(H,54,61,62)/t26-,27-,28-,39?/m1/s1.